The lowest BCUT2D eigenvalue weighted by Gasteiger charge is -2.11. The van der Waals surface area contributed by atoms with E-state index in [1.807, 2.05) is 0 Å². The van der Waals surface area contributed by atoms with Gasteiger partial charge in [-0.3, -0.25) is 9.59 Å². The quantitative estimate of drug-likeness (QED) is 0.625. The topological polar surface area (TPSA) is 59.1 Å². The summed E-state index contributed by atoms with van der Waals surface area (Å²) >= 11 is 1.07. The third-order valence-corrected chi connectivity index (χ3v) is 5.05. The Balaban J connectivity index is 1.79. The van der Waals surface area contributed by atoms with E-state index in [4.69, 9.17) is 0 Å². The number of carbonyl (C=O) groups excluding carboxylic acids is 2. The summed E-state index contributed by atoms with van der Waals surface area (Å²) in [6.45, 7) is 1.57. The van der Waals surface area contributed by atoms with Crippen molar-refractivity contribution in [1.29, 1.82) is 0 Å². The van der Waals surface area contributed by atoms with Crippen molar-refractivity contribution in [3.8, 4) is 11.1 Å². The van der Waals surface area contributed by atoms with E-state index in [0.29, 0.717) is 16.0 Å². The van der Waals surface area contributed by atoms with Crippen molar-refractivity contribution in [2.45, 2.75) is 13.1 Å². The molecule has 2 aromatic carbocycles. The third-order valence-electron chi connectivity index (χ3n) is 4.11. The van der Waals surface area contributed by atoms with Crippen LogP contribution in [0.5, 0.6) is 0 Å². The summed E-state index contributed by atoms with van der Waals surface area (Å²) in [5.74, 6) is -0.730. The molecule has 1 heterocycles. The number of aryl methyl sites for hydroxylation is 1. The lowest BCUT2D eigenvalue weighted by atomic mass is 9.98. The molecule has 0 atom stereocenters. The first-order valence-corrected chi connectivity index (χ1v) is 9.04. The van der Waals surface area contributed by atoms with Gasteiger partial charge in [0, 0.05) is 11.8 Å². The van der Waals surface area contributed by atoms with Gasteiger partial charge in [-0.25, -0.2) is 4.37 Å². The molecule has 0 saturated heterocycles. The molecule has 0 bridgehead atoms. The zero-order chi connectivity index (χ0) is 20.3. The zero-order valence-corrected chi connectivity index (χ0v) is 15.5. The van der Waals surface area contributed by atoms with Crippen LogP contribution in [0.25, 0.3) is 11.1 Å². The zero-order valence-electron chi connectivity index (χ0n) is 14.7. The van der Waals surface area contributed by atoms with Crippen LogP contribution in [-0.4, -0.2) is 22.6 Å². The van der Waals surface area contributed by atoms with E-state index in [9.17, 15) is 22.8 Å². The number of hydrogen-bond acceptors (Lipinski definition) is 4. The Bertz CT molecular complexity index is 1010. The fourth-order valence-electron chi connectivity index (χ4n) is 2.67. The molecule has 0 saturated carbocycles. The standard InChI is InChI=1S/C20H15F3N2O2S/c1-12-10-25-28-18(12)17(26)11-24-19(27)16-5-3-2-4-15(16)13-6-8-14(9-7-13)20(21,22)23/h2-10H,11H2,1H3,(H,24,27). The largest absolute Gasteiger partial charge is 0.416 e. The average molecular weight is 404 g/mol. The van der Waals surface area contributed by atoms with Crippen LogP contribution in [0.2, 0.25) is 0 Å². The second kappa shape index (κ2) is 7.93. The number of nitrogens with zero attached hydrogens (tertiary/aromatic N) is 1. The molecule has 0 unspecified atom stereocenters. The molecule has 1 aromatic heterocycles. The lowest BCUT2D eigenvalue weighted by Crippen LogP contribution is -2.29. The van der Waals surface area contributed by atoms with Crippen LogP contribution in [-0.2, 0) is 6.18 Å². The maximum absolute atomic E-state index is 12.8. The molecule has 144 valence electrons. The fourth-order valence-corrected chi connectivity index (χ4v) is 3.35. The van der Waals surface area contributed by atoms with Gasteiger partial charge < -0.3 is 5.32 Å². The molecule has 0 spiro atoms. The predicted molar refractivity (Wildman–Crippen MR) is 100 cm³/mol. The summed E-state index contributed by atoms with van der Waals surface area (Å²) in [7, 11) is 0. The molecule has 0 aliphatic rings. The van der Waals surface area contributed by atoms with Crippen molar-refractivity contribution in [1.82, 2.24) is 9.69 Å². The van der Waals surface area contributed by atoms with Crippen LogP contribution in [0.1, 0.15) is 31.2 Å². The predicted octanol–water partition coefficient (Wildman–Crippen LogP) is 4.75. The van der Waals surface area contributed by atoms with Crippen LogP contribution in [0.15, 0.2) is 54.7 Å². The van der Waals surface area contributed by atoms with Gasteiger partial charge in [0.15, 0.2) is 5.78 Å². The van der Waals surface area contributed by atoms with E-state index in [1.54, 1.807) is 37.4 Å². The Morgan fingerprint density at radius 2 is 1.75 bits per heavy atom. The molecule has 1 amide bonds. The van der Waals surface area contributed by atoms with Crippen LogP contribution < -0.4 is 5.32 Å². The highest BCUT2D eigenvalue weighted by Crippen LogP contribution is 2.31. The van der Waals surface area contributed by atoms with Gasteiger partial charge in [-0.2, -0.15) is 13.2 Å². The van der Waals surface area contributed by atoms with Crippen LogP contribution in [0, 0.1) is 6.92 Å². The minimum Gasteiger partial charge on any atom is -0.345 e. The maximum atomic E-state index is 12.8. The highest BCUT2D eigenvalue weighted by atomic mass is 32.1. The molecular formula is C20H15F3N2O2S. The van der Waals surface area contributed by atoms with Crippen molar-refractivity contribution >= 4 is 23.2 Å². The molecule has 0 aliphatic carbocycles. The molecule has 0 fully saturated rings. The van der Waals surface area contributed by atoms with Gasteiger partial charge in [0.2, 0.25) is 0 Å². The van der Waals surface area contributed by atoms with Gasteiger partial charge in [0.1, 0.15) is 0 Å². The minimum absolute atomic E-state index is 0.191. The Kier molecular flexibility index (Phi) is 5.60. The van der Waals surface area contributed by atoms with E-state index < -0.39 is 17.6 Å². The number of aromatic nitrogens is 1. The fraction of sp³-hybridized carbons (Fsp3) is 0.150. The molecule has 1 N–H and O–H groups in total. The number of amides is 1. The summed E-state index contributed by atoms with van der Waals surface area (Å²) in [4.78, 5) is 25.2. The number of ketones is 1. The SMILES string of the molecule is Cc1cnsc1C(=O)CNC(=O)c1ccccc1-c1ccc(C(F)(F)F)cc1. The highest BCUT2D eigenvalue weighted by molar-refractivity contribution is 7.08. The minimum atomic E-state index is -4.43. The summed E-state index contributed by atoms with van der Waals surface area (Å²) < 4.78 is 42.2. The van der Waals surface area contributed by atoms with Gasteiger partial charge in [-0.05, 0) is 53.3 Å². The number of rotatable bonds is 5. The third kappa shape index (κ3) is 4.28. The van der Waals surface area contributed by atoms with Crippen molar-refractivity contribution in [3.05, 3.63) is 76.3 Å². The number of Topliss-reactive ketones (excluding diaryl/α,β-unsaturated/α-hetero) is 1. The first-order chi connectivity index (χ1) is 13.3. The molecule has 4 nitrogen and oxygen atoms in total. The van der Waals surface area contributed by atoms with Crippen molar-refractivity contribution < 1.29 is 22.8 Å². The number of hydrogen-bond donors (Lipinski definition) is 1. The number of nitrogens with one attached hydrogen (secondary N) is 1. The summed E-state index contributed by atoms with van der Waals surface area (Å²) in [5, 5.41) is 2.57. The van der Waals surface area contributed by atoms with Crippen molar-refractivity contribution in [3.63, 3.8) is 0 Å². The van der Waals surface area contributed by atoms with Crippen LogP contribution in [0.4, 0.5) is 13.2 Å². The summed E-state index contributed by atoms with van der Waals surface area (Å²) in [6, 6.07) is 11.1. The Morgan fingerprint density at radius 1 is 1.07 bits per heavy atom. The smallest absolute Gasteiger partial charge is 0.345 e. The van der Waals surface area contributed by atoms with Gasteiger partial charge in [-0.1, -0.05) is 30.3 Å². The van der Waals surface area contributed by atoms with Gasteiger partial charge in [0.05, 0.1) is 17.0 Å². The van der Waals surface area contributed by atoms with Crippen LogP contribution in [0.3, 0.4) is 0 Å². The van der Waals surface area contributed by atoms with Crippen LogP contribution >= 0.6 is 11.5 Å². The van der Waals surface area contributed by atoms with E-state index in [0.717, 1.165) is 29.2 Å². The first kappa shape index (κ1) is 19.8. The molecule has 28 heavy (non-hydrogen) atoms. The number of carbonyl (C=O) groups is 2. The lowest BCUT2D eigenvalue weighted by molar-refractivity contribution is -0.137. The molecule has 3 rings (SSSR count). The van der Waals surface area contributed by atoms with Gasteiger partial charge in [0.25, 0.3) is 5.91 Å². The summed E-state index contributed by atoms with van der Waals surface area (Å²) in [6.07, 6.45) is -2.84. The maximum Gasteiger partial charge on any atom is 0.416 e. The van der Waals surface area contributed by atoms with Gasteiger partial charge in [-0.15, -0.1) is 0 Å². The van der Waals surface area contributed by atoms with E-state index in [-0.39, 0.29) is 17.9 Å². The van der Waals surface area contributed by atoms with E-state index >= 15 is 0 Å². The molecule has 0 radical (unpaired) electrons. The number of benzene rings is 2. The molecule has 8 heteroatoms. The Labute approximate surface area is 163 Å². The average Bonchev–Trinajstić information content (AvgIpc) is 3.11. The summed E-state index contributed by atoms with van der Waals surface area (Å²) in [5.41, 5.74) is 1.22. The molecular weight excluding hydrogens is 389 g/mol. The number of alkyl halides is 3. The highest BCUT2D eigenvalue weighted by Gasteiger charge is 2.30. The second-order valence-corrected chi connectivity index (χ2v) is 6.87. The monoisotopic (exact) mass is 404 g/mol. The first-order valence-electron chi connectivity index (χ1n) is 8.26. The van der Waals surface area contributed by atoms with E-state index in [1.165, 1.54) is 12.1 Å². The van der Waals surface area contributed by atoms with Gasteiger partial charge >= 0.3 is 6.18 Å². The second-order valence-electron chi connectivity index (χ2n) is 6.06. The molecule has 3 aromatic rings. The van der Waals surface area contributed by atoms with Crippen molar-refractivity contribution in [2.75, 3.05) is 6.54 Å². The number of halogens is 3. The normalized spacial score (nSPS) is 11.3. The Morgan fingerprint density at radius 3 is 2.36 bits per heavy atom. The van der Waals surface area contributed by atoms with Crippen molar-refractivity contribution in [2.24, 2.45) is 0 Å². The van der Waals surface area contributed by atoms with E-state index in [2.05, 4.69) is 9.69 Å². The molecule has 0 aliphatic heterocycles. The Hall–Kier alpha value is -3.00.